The molecule has 0 atom stereocenters. The van der Waals surface area contributed by atoms with Crippen molar-refractivity contribution in [3.05, 3.63) is 34.5 Å². The first-order valence-corrected chi connectivity index (χ1v) is 8.17. The minimum absolute atomic E-state index is 0.188. The van der Waals surface area contributed by atoms with Crippen LogP contribution in [0.2, 0.25) is 0 Å². The van der Waals surface area contributed by atoms with Gasteiger partial charge in [0.05, 0.1) is 0 Å². The number of rotatable bonds is 4. The number of benzene rings is 1. The Hall–Kier alpha value is -2.25. The summed E-state index contributed by atoms with van der Waals surface area (Å²) in [6.45, 7) is 9.35. The Morgan fingerprint density at radius 2 is 1.88 bits per heavy atom. The molecule has 2 aromatic rings. The van der Waals surface area contributed by atoms with Crippen molar-refractivity contribution in [3.63, 3.8) is 0 Å². The summed E-state index contributed by atoms with van der Waals surface area (Å²) in [5.41, 5.74) is 10.6. The number of H-pyrrole nitrogens is 1. The second kappa shape index (κ2) is 6.70. The van der Waals surface area contributed by atoms with Crippen LogP contribution < -0.4 is 5.73 Å². The normalized spacial score (nSPS) is 16.5. The third kappa shape index (κ3) is 3.32. The van der Waals surface area contributed by atoms with Crippen molar-refractivity contribution in [2.24, 2.45) is 5.73 Å². The van der Waals surface area contributed by atoms with Gasteiger partial charge in [-0.1, -0.05) is 6.07 Å². The lowest BCUT2D eigenvalue weighted by atomic mass is 9.96. The Labute approximate surface area is 141 Å². The zero-order valence-electron chi connectivity index (χ0n) is 14.5. The number of amides is 1. The smallest absolute Gasteiger partial charge is 0.271 e. The topological polar surface area (TPSA) is 91.1 Å². The molecule has 1 aromatic carbocycles. The molecule has 1 aliphatic rings. The summed E-state index contributed by atoms with van der Waals surface area (Å²) >= 11 is 0. The predicted molar refractivity (Wildman–Crippen MR) is 92.6 cm³/mol. The molecule has 3 N–H and O–H groups in total. The first-order chi connectivity index (χ1) is 11.5. The van der Waals surface area contributed by atoms with Crippen LogP contribution in [0.5, 0.6) is 0 Å². The number of nitrogens with two attached hydrogens (primary N) is 1. The Balaban J connectivity index is 1.91. The fourth-order valence-corrected chi connectivity index (χ4v) is 3.16. The van der Waals surface area contributed by atoms with Crippen molar-refractivity contribution in [2.75, 3.05) is 33.2 Å². The first kappa shape index (κ1) is 16.6. The Morgan fingerprint density at radius 3 is 2.54 bits per heavy atom. The summed E-state index contributed by atoms with van der Waals surface area (Å²) in [5.74, 6) is -0.570. The third-order valence-electron chi connectivity index (χ3n) is 4.71. The van der Waals surface area contributed by atoms with E-state index in [-0.39, 0.29) is 5.69 Å². The molecule has 7 heteroatoms. The van der Waals surface area contributed by atoms with E-state index in [4.69, 9.17) is 5.73 Å². The second-order valence-electron chi connectivity index (χ2n) is 6.56. The summed E-state index contributed by atoms with van der Waals surface area (Å²) in [7, 11) is 2.16. The van der Waals surface area contributed by atoms with E-state index in [9.17, 15) is 4.79 Å². The number of carbonyl (C=O) groups is 1. The Kier molecular flexibility index (Phi) is 4.64. The lowest BCUT2D eigenvalue weighted by Crippen LogP contribution is -2.43. The van der Waals surface area contributed by atoms with Crippen LogP contribution in [0.1, 0.15) is 27.2 Å². The number of likely N-dealkylation sites (N-methyl/N-ethyl adjacent to an activating group) is 1. The maximum Gasteiger partial charge on any atom is 0.271 e. The number of hydrogen-bond donors (Lipinski definition) is 2. The van der Waals surface area contributed by atoms with Crippen molar-refractivity contribution >= 4 is 5.91 Å². The van der Waals surface area contributed by atoms with Gasteiger partial charge in [-0.3, -0.25) is 9.69 Å². The van der Waals surface area contributed by atoms with Gasteiger partial charge in [-0.05, 0) is 43.7 Å². The van der Waals surface area contributed by atoms with Crippen LogP contribution in [-0.4, -0.2) is 64.3 Å². The van der Waals surface area contributed by atoms with E-state index in [2.05, 4.69) is 51.3 Å². The van der Waals surface area contributed by atoms with Crippen LogP contribution in [-0.2, 0) is 6.54 Å². The zero-order valence-corrected chi connectivity index (χ0v) is 14.5. The molecule has 0 spiro atoms. The van der Waals surface area contributed by atoms with E-state index in [0.29, 0.717) is 5.69 Å². The number of piperazine rings is 1. The summed E-state index contributed by atoms with van der Waals surface area (Å²) < 4.78 is 0. The molecule has 3 rings (SSSR count). The van der Waals surface area contributed by atoms with E-state index in [1.54, 1.807) is 0 Å². The first-order valence-electron chi connectivity index (χ1n) is 8.17. The van der Waals surface area contributed by atoms with Crippen molar-refractivity contribution in [3.8, 4) is 11.3 Å². The Bertz CT molecular complexity index is 746. The summed E-state index contributed by atoms with van der Waals surface area (Å²) in [4.78, 5) is 16.4. The van der Waals surface area contributed by atoms with Crippen LogP contribution in [0.3, 0.4) is 0 Å². The number of nitrogens with one attached hydrogen (secondary N) is 1. The molecule has 1 aliphatic heterocycles. The van der Waals surface area contributed by atoms with Gasteiger partial charge in [0.1, 0.15) is 5.69 Å². The number of aryl methyl sites for hydroxylation is 2. The van der Waals surface area contributed by atoms with Crippen LogP contribution >= 0.6 is 0 Å². The molecule has 1 amide bonds. The average molecular weight is 328 g/mol. The van der Waals surface area contributed by atoms with Gasteiger partial charge in [-0.2, -0.15) is 15.4 Å². The highest BCUT2D eigenvalue weighted by Crippen LogP contribution is 2.27. The molecular weight excluding hydrogens is 304 g/mol. The standard InChI is InChI=1S/C17H24N6O/c1-11-8-12(2)14(15-16(17(18)24)20-21-19-15)9-13(11)10-23-6-4-22(3)5-7-23/h8-9H,4-7,10H2,1-3H3,(H2,18,24)(H,19,20,21). The molecule has 0 saturated carbocycles. The molecule has 7 nitrogen and oxygen atoms in total. The highest BCUT2D eigenvalue weighted by molar-refractivity contribution is 5.97. The zero-order chi connectivity index (χ0) is 17.3. The van der Waals surface area contributed by atoms with E-state index in [1.807, 2.05) is 6.92 Å². The maximum absolute atomic E-state index is 11.6. The number of primary amides is 1. The molecule has 1 saturated heterocycles. The molecule has 0 radical (unpaired) electrons. The SMILES string of the molecule is Cc1cc(C)c(-c2n[nH]nc2C(N)=O)cc1CN1CCN(C)CC1. The van der Waals surface area contributed by atoms with Crippen LogP contribution in [0, 0.1) is 13.8 Å². The maximum atomic E-state index is 11.6. The van der Waals surface area contributed by atoms with Crippen LogP contribution in [0.25, 0.3) is 11.3 Å². The monoisotopic (exact) mass is 328 g/mol. The largest absolute Gasteiger partial charge is 0.364 e. The molecule has 0 unspecified atom stereocenters. The van der Waals surface area contributed by atoms with Crippen LogP contribution in [0.15, 0.2) is 12.1 Å². The van der Waals surface area contributed by atoms with Crippen LogP contribution in [0.4, 0.5) is 0 Å². The highest BCUT2D eigenvalue weighted by atomic mass is 16.1. The molecule has 1 aromatic heterocycles. The van der Waals surface area contributed by atoms with Gasteiger partial charge in [0, 0.05) is 38.3 Å². The number of aromatic amines is 1. The Morgan fingerprint density at radius 1 is 1.17 bits per heavy atom. The van der Waals surface area contributed by atoms with E-state index in [0.717, 1.165) is 43.9 Å². The van der Waals surface area contributed by atoms with Crippen molar-refractivity contribution in [1.82, 2.24) is 25.2 Å². The molecular formula is C17H24N6O. The lowest BCUT2D eigenvalue weighted by Gasteiger charge is -2.32. The second-order valence-corrected chi connectivity index (χ2v) is 6.56. The molecule has 0 bridgehead atoms. The van der Waals surface area contributed by atoms with Crippen molar-refractivity contribution in [2.45, 2.75) is 20.4 Å². The summed E-state index contributed by atoms with van der Waals surface area (Å²) in [6, 6.07) is 4.26. The fourth-order valence-electron chi connectivity index (χ4n) is 3.16. The van der Waals surface area contributed by atoms with Gasteiger partial charge in [0.25, 0.3) is 5.91 Å². The summed E-state index contributed by atoms with van der Waals surface area (Å²) in [5, 5.41) is 10.5. The highest BCUT2D eigenvalue weighted by Gasteiger charge is 2.20. The third-order valence-corrected chi connectivity index (χ3v) is 4.71. The minimum Gasteiger partial charge on any atom is -0.364 e. The van der Waals surface area contributed by atoms with Crippen molar-refractivity contribution in [1.29, 1.82) is 0 Å². The summed E-state index contributed by atoms with van der Waals surface area (Å²) in [6.07, 6.45) is 0. The fraction of sp³-hybridized carbons (Fsp3) is 0.471. The quantitative estimate of drug-likeness (QED) is 0.871. The minimum atomic E-state index is -0.570. The molecule has 24 heavy (non-hydrogen) atoms. The molecule has 1 fully saturated rings. The van der Waals surface area contributed by atoms with Crippen molar-refractivity contribution < 1.29 is 4.79 Å². The van der Waals surface area contributed by atoms with Gasteiger partial charge in [-0.25, -0.2) is 0 Å². The predicted octanol–water partition coefficient (Wildman–Crippen LogP) is 0.935. The molecule has 0 aliphatic carbocycles. The average Bonchev–Trinajstić information content (AvgIpc) is 3.01. The van der Waals surface area contributed by atoms with E-state index < -0.39 is 5.91 Å². The lowest BCUT2D eigenvalue weighted by molar-refractivity contribution is 0.0996. The number of carbonyl (C=O) groups excluding carboxylic acids is 1. The molecule has 128 valence electrons. The molecule has 2 heterocycles. The van der Waals surface area contributed by atoms with E-state index in [1.165, 1.54) is 11.1 Å². The van der Waals surface area contributed by atoms with Gasteiger partial charge in [-0.15, -0.1) is 0 Å². The van der Waals surface area contributed by atoms with Gasteiger partial charge < -0.3 is 10.6 Å². The van der Waals surface area contributed by atoms with Gasteiger partial charge >= 0.3 is 0 Å². The van der Waals surface area contributed by atoms with Gasteiger partial charge in [0.2, 0.25) is 0 Å². The van der Waals surface area contributed by atoms with Gasteiger partial charge in [0.15, 0.2) is 5.69 Å². The number of aromatic nitrogens is 3. The number of hydrogen-bond acceptors (Lipinski definition) is 5. The van der Waals surface area contributed by atoms with E-state index >= 15 is 0 Å². The number of nitrogens with zero attached hydrogens (tertiary/aromatic N) is 4.